The highest BCUT2D eigenvalue weighted by Crippen LogP contribution is 2.09. The smallest absolute Gasteiger partial charge is 0.341 e. The van der Waals surface area contributed by atoms with Crippen molar-refractivity contribution in [2.45, 2.75) is 19.9 Å². The number of carboxylic acid groups (broad SMARTS) is 1. The minimum Gasteiger partial charge on any atom is -0.477 e. The Morgan fingerprint density at radius 2 is 2.12 bits per heavy atom. The van der Waals surface area contributed by atoms with Crippen LogP contribution < -0.4 is 5.56 Å². The number of aromatic carboxylic acids is 1. The maximum Gasteiger partial charge on any atom is 0.341 e. The van der Waals surface area contributed by atoms with Gasteiger partial charge < -0.3 is 5.11 Å². The molecule has 84 valence electrons. The molecule has 0 saturated heterocycles. The van der Waals surface area contributed by atoms with E-state index in [0.29, 0.717) is 5.52 Å². The van der Waals surface area contributed by atoms with E-state index < -0.39 is 11.5 Å². The Morgan fingerprint density at radius 1 is 1.44 bits per heavy atom. The van der Waals surface area contributed by atoms with Crippen LogP contribution in [-0.2, 0) is 0 Å². The lowest BCUT2D eigenvalue weighted by molar-refractivity contribution is 0.0693. The summed E-state index contributed by atoms with van der Waals surface area (Å²) in [6.45, 7) is 3.68. The van der Waals surface area contributed by atoms with Crippen LogP contribution >= 0.6 is 0 Å². The van der Waals surface area contributed by atoms with Crippen molar-refractivity contribution in [3.8, 4) is 0 Å². The first kappa shape index (κ1) is 10.5. The van der Waals surface area contributed by atoms with Gasteiger partial charge in [0.05, 0.1) is 5.52 Å². The highest BCUT2D eigenvalue weighted by Gasteiger charge is 2.15. The maximum absolute atomic E-state index is 11.9. The predicted octanol–water partition coefficient (Wildman–Crippen LogP) is 1.38. The first-order chi connectivity index (χ1) is 7.52. The molecule has 2 heterocycles. The summed E-state index contributed by atoms with van der Waals surface area (Å²) in [5, 5.41) is 8.95. The van der Waals surface area contributed by atoms with Crippen LogP contribution in [0.4, 0.5) is 0 Å². The zero-order valence-electron chi connectivity index (χ0n) is 9.04. The third kappa shape index (κ3) is 1.41. The average Bonchev–Trinajstić information content (AvgIpc) is 2.62. The Hall–Kier alpha value is -2.04. The molecule has 2 aromatic rings. The number of fused-ring (bicyclic) bond motifs is 1. The van der Waals surface area contributed by atoms with Gasteiger partial charge in [-0.25, -0.2) is 9.48 Å². The molecule has 0 unspecified atom stereocenters. The number of carbonyl (C=O) groups is 1. The first-order valence-electron chi connectivity index (χ1n) is 4.98. The Morgan fingerprint density at radius 3 is 2.69 bits per heavy atom. The van der Waals surface area contributed by atoms with Gasteiger partial charge in [0.1, 0.15) is 5.56 Å². The number of hydrogen-bond donors (Lipinski definition) is 1. The Labute approximate surface area is 91.5 Å². The van der Waals surface area contributed by atoms with E-state index >= 15 is 0 Å². The molecule has 0 aromatic carbocycles. The van der Waals surface area contributed by atoms with Crippen molar-refractivity contribution < 1.29 is 9.90 Å². The van der Waals surface area contributed by atoms with Crippen LogP contribution in [0.15, 0.2) is 29.2 Å². The van der Waals surface area contributed by atoms with E-state index in [-0.39, 0.29) is 11.6 Å². The van der Waals surface area contributed by atoms with E-state index in [2.05, 4.69) is 0 Å². The van der Waals surface area contributed by atoms with Crippen LogP contribution in [0.5, 0.6) is 0 Å². The molecule has 0 saturated carbocycles. The first-order valence-corrected chi connectivity index (χ1v) is 4.98. The molecule has 5 heteroatoms. The fourth-order valence-corrected chi connectivity index (χ4v) is 1.76. The number of hydrogen-bond acceptors (Lipinski definition) is 2. The topological polar surface area (TPSA) is 63.7 Å². The van der Waals surface area contributed by atoms with E-state index in [1.807, 2.05) is 13.8 Å². The molecular weight excluding hydrogens is 208 g/mol. The Balaban J connectivity index is 2.92. The quantitative estimate of drug-likeness (QED) is 0.831. The third-order valence-corrected chi connectivity index (χ3v) is 2.44. The average molecular weight is 220 g/mol. The van der Waals surface area contributed by atoms with Gasteiger partial charge in [0.2, 0.25) is 0 Å². The monoisotopic (exact) mass is 220 g/mol. The van der Waals surface area contributed by atoms with Gasteiger partial charge in [0, 0.05) is 12.2 Å². The summed E-state index contributed by atoms with van der Waals surface area (Å²) in [5.41, 5.74) is 0.0248. The van der Waals surface area contributed by atoms with Gasteiger partial charge in [-0.05, 0) is 32.0 Å². The molecule has 0 aliphatic rings. The molecule has 0 aliphatic carbocycles. The van der Waals surface area contributed by atoms with Gasteiger partial charge in [0.25, 0.3) is 5.56 Å². The summed E-state index contributed by atoms with van der Waals surface area (Å²) in [4.78, 5) is 22.9. The molecule has 1 N–H and O–H groups in total. The van der Waals surface area contributed by atoms with E-state index in [0.717, 1.165) is 0 Å². The van der Waals surface area contributed by atoms with E-state index in [1.54, 1.807) is 22.8 Å². The summed E-state index contributed by atoms with van der Waals surface area (Å²) in [5.74, 6) is -1.19. The van der Waals surface area contributed by atoms with Crippen molar-refractivity contribution in [1.82, 2.24) is 9.20 Å². The molecule has 2 rings (SSSR count). The van der Waals surface area contributed by atoms with Crippen LogP contribution in [0.25, 0.3) is 5.52 Å². The summed E-state index contributed by atoms with van der Waals surface area (Å²) < 4.78 is 3.10. The second kappa shape index (κ2) is 3.52. The lowest BCUT2D eigenvalue weighted by Crippen LogP contribution is -2.31. The van der Waals surface area contributed by atoms with Gasteiger partial charge >= 0.3 is 5.97 Å². The van der Waals surface area contributed by atoms with Gasteiger partial charge in [-0.3, -0.25) is 9.31 Å². The van der Waals surface area contributed by atoms with E-state index in [1.165, 1.54) is 10.7 Å². The molecular formula is C11H12N2O3. The van der Waals surface area contributed by atoms with Crippen molar-refractivity contribution in [1.29, 1.82) is 0 Å². The zero-order chi connectivity index (χ0) is 11.9. The van der Waals surface area contributed by atoms with Crippen molar-refractivity contribution in [3.63, 3.8) is 0 Å². The van der Waals surface area contributed by atoms with Crippen LogP contribution in [-0.4, -0.2) is 20.3 Å². The number of rotatable bonds is 2. The van der Waals surface area contributed by atoms with Crippen LogP contribution in [0, 0.1) is 0 Å². The van der Waals surface area contributed by atoms with Crippen molar-refractivity contribution in [2.24, 2.45) is 0 Å². The van der Waals surface area contributed by atoms with Crippen molar-refractivity contribution in [3.05, 3.63) is 40.3 Å². The molecule has 0 aliphatic heterocycles. The second-order valence-electron chi connectivity index (χ2n) is 3.88. The molecule has 0 radical (unpaired) electrons. The summed E-state index contributed by atoms with van der Waals surface area (Å²) in [7, 11) is 0. The predicted molar refractivity (Wildman–Crippen MR) is 59.0 cm³/mol. The lowest BCUT2D eigenvalue weighted by atomic mass is 10.2. The molecule has 0 spiro atoms. The van der Waals surface area contributed by atoms with Crippen molar-refractivity contribution >= 4 is 11.5 Å². The lowest BCUT2D eigenvalue weighted by Gasteiger charge is -2.14. The summed E-state index contributed by atoms with van der Waals surface area (Å²) in [6, 6.07) is 4.84. The Bertz CT molecular complexity index is 607. The molecule has 0 atom stereocenters. The maximum atomic E-state index is 11.9. The SMILES string of the molecule is CC(C)n1c(=O)c(C(=O)O)cc2cccn21. The highest BCUT2D eigenvalue weighted by atomic mass is 16.4. The fraction of sp³-hybridized carbons (Fsp3) is 0.273. The molecule has 2 aromatic heterocycles. The minimum atomic E-state index is -1.19. The van der Waals surface area contributed by atoms with Gasteiger partial charge in [-0.1, -0.05) is 0 Å². The molecule has 0 amide bonds. The van der Waals surface area contributed by atoms with Gasteiger partial charge in [-0.2, -0.15) is 0 Å². The number of aromatic nitrogens is 2. The fourth-order valence-electron chi connectivity index (χ4n) is 1.76. The summed E-state index contributed by atoms with van der Waals surface area (Å²) in [6.07, 6.45) is 1.74. The number of carboxylic acids is 1. The number of nitrogens with zero attached hydrogens (tertiary/aromatic N) is 2. The minimum absolute atomic E-state index is 0.0956. The van der Waals surface area contributed by atoms with E-state index in [9.17, 15) is 9.59 Å². The standard InChI is InChI=1S/C11H12N2O3/c1-7(2)13-10(14)9(11(15)16)6-8-4-3-5-12(8)13/h3-7H,1-2H3,(H,15,16). The highest BCUT2D eigenvalue weighted by molar-refractivity contribution is 5.88. The normalized spacial score (nSPS) is 11.2. The second-order valence-corrected chi connectivity index (χ2v) is 3.88. The van der Waals surface area contributed by atoms with Crippen LogP contribution in [0.3, 0.4) is 0 Å². The summed E-state index contributed by atoms with van der Waals surface area (Å²) >= 11 is 0. The van der Waals surface area contributed by atoms with Gasteiger partial charge in [-0.15, -0.1) is 0 Å². The molecule has 0 fully saturated rings. The molecule has 0 bridgehead atoms. The zero-order valence-corrected chi connectivity index (χ0v) is 9.04. The third-order valence-electron chi connectivity index (χ3n) is 2.44. The van der Waals surface area contributed by atoms with Gasteiger partial charge in [0.15, 0.2) is 0 Å². The van der Waals surface area contributed by atoms with Crippen molar-refractivity contribution in [2.75, 3.05) is 0 Å². The van der Waals surface area contributed by atoms with Crippen LogP contribution in [0.1, 0.15) is 30.2 Å². The van der Waals surface area contributed by atoms with Crippen LogP contribution in [0.2, 0.25) is 0 Å². The van der Waals surface area contributed by atoms with E-state index in [4.69, 9.17) is 5.11 Å². The molecule has 16 heavy (non-hydrogen) atoms. The Kier molecular flexibility index (Phi) is 2.30. The molecule has 5 nitrogen and oxygen atoms in total. The largest absolute Gasteiger partial charge is 0.477 e.